The molecule has 0 saturated heterocycles. The maximum absolute atomic E-state index is 12.0. The number of nitrogens with one attached hydrogen (secondary N) is 1. The van der Waals surface area contributed by atoms with Crippen molar-refractivity contribution in [1.82, 2.24) is 4.72 Å². The van der Waals surface area contributed by atoms with Crippen LogP contribution in [-0.2, 0) is 21.3 Å². The van der Waals surface area contributed by atoms with Gasteiger partial charge in [-0.05, 0) is 34.7 Å². The Labute approximate surface area is 120 Å². The van der Waals surface area contributed by atoms with E-state index in [2.05, 4.69) is 20.7 Å². The first-order valence-electron chi connectivity index (χ1n) is 6.08. The highest BCUT2D eigenvalue weighted by atomic mass is 79.9. The van der Waals surface area contributed by atoms with Gasteiger partial charge in [0.05, 0.1) is 13.2 Å². The number of nitrogens with two attached hydrogens (primary N) is 1. The van der Waals surface area contributed by atoms with Crippen LogP contribution >= 0.6 is 15.9 Å². The predicted molar refractivity (Wildman–Crippen MR) is 73.0 cm³/mol. The molecular formula is C11H17BrN2O4S. The lowest BCUT2D eigenvalue weighted by molar-refractivity contribution is 0.129. The quantitative estimate of drug-likeness (QED) is 0.685. The minimum absolute atomic E-state index is 0.0649. The Hall–Kier alpha value is -0.410. The molecule has 0 aliphatic heterocycles. The molecule has 0 atom stereocenters. The Morgan fingerprint density at radius 3 is 2.84 bits per heavy atom. The Balaban J connectivity index is 1.83. The molecule has 1 aromatic rings. The number of hydrogen-bond donors (Lipinski definition) is 2. The normalized spacial score (nSPS) is 15.9. The fourth-order valence-corrected chi connectivity index (χ4v) is 3.55. The van der Waals surface area contributed by atoms with Crippen molar-refractivity contribution in [1.29, 1.82) is 0 Å². The minimum atomic E-state index is -3.59. The summed E-state index contributed by atoms with van der Waals surface area (Å²) in [5.41, 5.74) is 5.40. The zero-order valence-corrected chi connectivity index (χ0v) is 12.8. The van der Waals surface area contributed by atoms with Gasteiger partial charge in [0.1, 0.15) is 10.7 Å². The summed E-state index contributed by atoms with van der Waals surface area (Å²) in [6.07, 6.45) is 2.44. The molecule has 3 N–H and O–H groups in total. The largest absolute Gasteiger partial charge is 0.452 e. The van der Waals surface area contributed by atoms with Gasteiger partial charge in [0, 0.05) is 19.2 Å². The van der Waals surface area contributed by atoms with Crippen molar-refractivity contribution in [3.05, 3.63) is 16.5 Å². The third kappa shape index (κ3) is 4.28. The Bertz CT molecular complexity index is 525. The van der Waals surface area contributed by atoms with Crippen LogP contribution in [0, 0.1) is 5.92 Å². The van der Waals surface area contributed by atoms with E-state index in [4.69, 9.17) is 14.9 Å². The first-order chi connectivity index (χ1) is 9.03. The number of ether oxygens (including phenoxy) is 1. The van der Waals surface area contributed by atoms with Crippen molar-refractivity contribution in [2.75, 3.05) is 19.8 Å². The lowest BCUT2D eigenvalue weighted by atomic mass is 10.5. The van der Waals surface area contributed by atoms with Gasteiger partial charge in [-0.2, -0.15) is 0 Å². The van der Waals surface area contributed by atoms with E-state index in [1.165, 1.54) is 18.9 Å². The summed E-state index contributed by atoms with van der Waals surface area (Å²) in [5.74, 6) is 1.09. The summed E-state index contributed by atoms with van der Waals surface area (Å²) >= 11 is 3.07. The highest BCUT2D eigenvalue weighted by Gasteiger charge is 2.23. The molecule has 108 valence electrons. The van der Waals surface area contributed by atoms with Gasteiger partial charge in [0.2, 0.25) is 10.0 Å². The fourth-order valence-electron chi connectivity index (χ4n) is 1.54. The molecule has 0 radical (unpaired) electrons. The molecule has 0 spiro atoms. The summed E-state index contributed by atoms with van der Waals surface area (Å²) in [6.45, 7) is 1.48. The zero-order valence-electron chi connectivity index (χ0n) is 10.4. The van der Waals surface area contributed by atoms with E-state index >= 15 is 0 Å². The van der Waals surface area contributed by atoms with Gasteiger partial charge in [-0.3, -0.25) is 0 Å². The van der Waals surface area contributed by atoms with Crippen molar-refractivity contribution in [3.63, 3.8) is 0 Å². The lowest BCUT2D eigenvalue weighted by Crippen LogP contribution is -2.27. The van der Waals surface area contributed by atoms with Crippen LogP contribution in [0.15, 0.2) is 20.0 Å². The highest BCUT2D eigenvalue weighted by molar-refractivity contribution is 9.10. The molecule has 19 heavy (non-hydrogen) atoms. The Morgan fingerprint density at radius 2 is 2.26 bits per heavy atom. The van der Waals surface area contributed by atoms with Crippen molar-refractivity contribution in [2.24, 2.45) is 11.7 Å². The van der Waals surface area contributed by atoms with Gasteiger partial charge in [-0.25, -0.2) is 13.1 Å². The van der Waals surface area contributed by atoms with E-state index in [1.54, 1.807) is 0 Å². The zero-order chi connectivity index (χ0) is 13.9. The summed E-state index contributed by atoms with van der Waals surface area (Å²) in [7, 11) is -3.59. The van der Waals surface area contributed by atoms with E-state index < -0.39 is 10.0 Å². The van der Waals surface area contributed by atoms with E-state index in [1.807, 2.05) is 0 Å². The van der Waals surface area contributed by atoms with E-state index in [0.717, 1.165) is 0 Å². The minimum Gasteiger partial charge on any atom is -0.452 e. The molecule has 0 aromatic carbocycles. The van der Waals surface area contributed by atoms with Crippen LogP contribution < -0.4 is 10.5 Å². The van der Waals surface area contributed by atoms with E-state index in [9.17, 15) is 8.42 Å². The van der Waals surface area contributed by atoms with Crippen LogP contribution in [0.4, 0.5) is 0 Å². The molecule has 8 heteroatoms. The molecule has 0 unspecified atom stereocenters. The van der Waals surface area contributed by atoms with Gasteiger partial charge in [0.15, 0.2) is 4.67 Å². The molecule has 1 aliphatic carbocycles. The van der Waals surface area contributed by atoms with Gasteiger partial charge < -0.3 is 14.9 Å². The number of furan rings is 1. The van der Waals surface area contributed by atoms with Gasteiger partial charge in [-0.1, -0.05) is 0 Å². The van der Waals surface area contributed by atoms with Crippen LogP contribution in [0.1, 0.15) is 18.6 Å². The summed E-state index contributed by atoms with van der Waals surface area (Å²) in [4.78, 5) is 0.0649. The van der Waals surface area contributed by atoms with Crippen LogP contribution in [-0.4, -0.2) is 28.2 Å². The standard InChI is InChI=1S/C11H17BrN2O4S/c12-11-10(5-9(6-13)18-11)19(15,16)14-3-4-17-7-8-1-2-8/h5,8,14H,1-4,6-7,13H2. The lowest BCUT2D eigenvalue weighted by Gasteiger charge is -2.05. The second kappa shape index (κ2) is 6.36. The SMILES string of the molecule is NCc1cc(S(=O)(=O)NCCOCC2CC2)c(Br)o1. The first kappa shape index (κ1) is 15.0. The third-order valence-corrected chi connectivity index (χ3v) is 5.10. The molecule has 1 heterocycles. The summed E-state index contributed by atoms with van der Waals surface area (Å²) < 4.78 is 37.1. The van der Waals surface area contributed by atoms with Crippen LogP contribution in [0.2, 0.25) is 0 Å². The summed E-state index contributed by atoms with van der Waals surface area (Å²) in [6, 6.07) is 1.41. The van der Waals surface area contributed by atoms with Gasteiger partial charge in [0.25, 0.3) is 0 Å². The van der Waals surface area contributed by atoms with Gasteiger partial charge >= 0.3 is 0 Å². The maximum Gasteiger partial charge on any atom is 0.245 e. The molecular weight excluding hydrogens is 336 g/mol. The molecule has 1 aromatic heterocycles. The molecule has 0 amide bonds. The monoisotopic (exact) mass is 352 g/mol. The van der Waals surface area contributed by atoms with Crippen LogP contribution in [0.5, 0.6) is 0 Å². The Morgan fingerprint density at radius 1 is 1.53 bits per heavy atom. The smallest absolute Gasteiger partial charge is 0.245 e. The van der Waals surface area contributed by atoms with Gasteiger partial charge in [-0.15, -0.1) is 0 Å². The van der Waals surface area contributed by atoms with Crippen LogP contribution in [0.3, 0.4) is 0 Å². The average Bonchev–Trinajstić information content (AvgIpc) is 3.10. The van der Waals surface area contributed by atoms with Crippen molar-refractivity contribution in [3.8, 4) is 0 Å². The number of hydrogen-bond acceptors (Lipinski definition) is 5. The molecule has 1 fully saturated rings. The van der Waals surface area contributed by atoms with Crippen molar-refractivity contribution in [2.45, 2.75) is 24.3 Å². The van der Waals surface area contributed by atoms with Crippen molar-refractivity contribution >= 4 is 26.0 Å². The van der Waals surface area contributed by atoms with E-state index in [-0.39, 0.29) is 22.7 Å². The maximum atomic E-state index is 12.0. The number of halogens is 1. The molecule has 0 bridgehead atoms. The second-order valence-electron chi connectivity index (χ2n) is 4.47. The predicted octanol–water partition coefficient (Wildman–Crippen LogP) is 1.21. The first-order valence-corrected chi connectivity index (χ1v) is 8.36. The molecule has 1 saturated carbocycles. The average molecular weight is 353 g/mol. The van der Waals surface area contributed by atoms with Crippen LogP contribution in [0.25, 0.3) is 0 Å². The number of sulfonamides is 1. The Kier molecular flexibility index (Phi) is 5.02. The molecule has 1 aliphatic rings. The molecule has 2 rings (SSSR count). The van der Waals surface area contributed by atoms with E-state index in [0.29, 0.717) is 24.9 Å². The fraction of sp³-hybridized carbons (Fsp3) is 0.636. The van der Waals surface area contributed by atoms with Crippen molar-refractivity contribution < 1.29 is 17.6 Å². The summed E-state index contributed by atoms with van der Waals surface area (Å²) in [5, 5.41) is 0. The molecule has 6 nitrogen and oxygen atoms in total. The topological polar surface area (TPSA) is 94.6 Å². The second-order valence-corrected chi connectivity index (χ2v) is 6.93. The highest BCUT2D eigenvalue weighted by Crippen LogP contribution is 2.28. The third-order valence-electron chi connectivity index (χ3n) is 2.79. The number of rotatable bonds is 8.